The molecule has 1 aliphatic rings. The minimum absolute atomic E-state index is 0.0602. The van der Waals surface area contributed by atoms with Gasteiger partial charge in [0.1, 0.15) is 0 Å². The molecule has 0 N–H and O–H groups in total. The fourth-order valence-corrected chi connectivity index (χ4v) is 3.88. The fraction of sp³-hybridized carbons (Fsp3) is 0.500. The molecule has 0 saturated carbocycles. The van der Waals surface area contributed by atoms with Crippen LogP contribution in [0.25, 0.3) is 0 Å². The smallest absolute Gasteiger partial charge is 0.232 e. The minimum Gasteiger partial charge on any atom is -0.550 e. The van der Waals surface area contributed by atoms with Gasteiger partial charge in [0.2, 0.25) is 5.91 Å². The van der Waals surface area contributed by atoms with Crippen molar-refractivity contribution >= 4 is 29.6 Å². The maximum atomic E-state index is 12.2. The number of hydrogen-bond acceptors (Lipinski definition) is 6. The number of amides is 1. The summed E-state index contributed by atoms with van der Waals surface area (Å²) in [6.45, 7) is 1.29. The van der Waals surface area contributed by atoms with E-state index in [2.05, 4.69) is 12.1 Å². The highest BCUT2D eigenvalue weighted by Gasteiger charge is 2.24. The zero-order valence-electron chi connectivity index (χ0n) is 13.9. The maximum absolute atomic E-state index is 12.2. The zero-order chi connectivity index (χ0) is 18.2. The summed E-state index contributed by atoms with van der Waals surface area (Å²) in [6.07, 6.45) is 2.16. The van der Waals surface area contributed by atoms with Gasteiger partial charge in [-0.15, -0.1) is 11.8 Å². The van der Waals surface area contributed by atoms with Gasteiger partial charge in [-0.25, -0.2) is 0 Å². The minimum atomic E-state index is -1.48. The highest BCUT2D eigenvalue weighted by molar-refractivity contribution is 8.01. The van der Waals surface area contributed by atoms with Gasteiger partial charge in [-0.3, -0.25) is 4.79 Å². The van der Waals surface area contributed by atoms with Gasteiger partial charge < -0.3 is 24.7 Å². The van der Waals surface area contributed by atoms with Crippen LogP contribution in [-0.4, -0.2) is 46.8 Å². The van der Waals surface area contributed by atoms with Crippen LogP contribution in [0.4, 0.5) is 0 Å². The van der Waals surface area contributed by atoms with Gasteiger partial charge in [0.15, 0.2) is 0 Å². The molecule has 0 spiro atoms. The molecule has 1 fully saturated rings. The highest BCUT2D eigenvalue weighted by Crippen LogP contribution is 2.23. The Bertz CT molecular complexity index is 599. The van der Waals surface area contributed by atoms with Crippen LogP contribution in [-0.2, 0) is 20.8 Å². The number of carbonyl (C=O) groups excluding carboxylic acids is 3. The number of piperidine rings is 1. The lowest BCUT2D eigenvalue weighted by molar-refractivity contribution is -0.314. The molecule has 1 saturated heterocycles. The summed E-state index contributed by atoms with van der Waals surface area (Å²) < 4.78 is 0. The Labute approximate surface area is 151 Å². The third-order valence-electron chi connectivity index (χ3n) is 4.36. The van der Waals surface area contributed by atoms with E-state index >= 15 is 0 Å². The maximum Gasteiger partial charge on any atom is 0.232 e. The van der Waals surface area contributed by atoms with Gasteiger partial charge in [-0.05, 0) is 30.7 Å². The lowest BCUT2D eigenvalue weighted by Crippen LogP contribution is -2.42. The molecule has 1 aromatic carbocycles. The molecular formula is C18H21NO5S-2. The molecule has 6 nitrogen and oxygen atoms in total. The Morgan fingerprint density at radius 2 is 1.76 bits per heavy atom. The first-order valence-corrected chi connectivity index (χ1v) is 9.34. The Balaban J connectivity index is 1.75. The molecule has 1 amide bonds. The molecule has 0 unspecified atom stereocenters. The summed E-state index contributed by atoms with van der Waals surface area (Å²) in [6, 6.07) is 10.2. The van der Waals surface area contributed by atoms with E-state index in [0.717, 1.165) is 31.0 Å². The molecule has 0 bridgehead atoms. The molecule has 0 radical (unpaired) electrons. The van der Waals surface area contributed by atoms with Crippen molar-refractivity contribution in [3.63, 3.8) is 0 Å². The number of aliphatic carboxylic acids is 2. The number of nitrogens with zero attached hydrogens (tertiary/aromatic N) is 1. The van der Waals surface area contributed by atoms with Crippen molar-refractivity contribution in [1.82, 2.24) is 4.90 Å². The first-order valence-electron chi connectivity index (χ1n) is 8.29. The summed E-state index contributed by atoms with van der Waals surface area (Å²) in [7, 11) is 0. The number of hydrogen-bond donors (Lipinski definition) is 0. The molecule has 25 heavy (non-hydrogen) atoms. The lowest BCUT2D eigenvalue weighted by atomic mass is 9.90. The summed E-state index contributed by atoms with van der Waals surface area (Å²) in [5, 5.41) is 20.2. The van der Waals surface area contributed by atoms with Crippen LogP contribution in [0.1, 0.15) is 24.8 Å². The largest absolute Gasteiger partial charge is 0.550 e. The predicted molar refractivity (Wildman–Crippen MR) is 90.3 cm³/mol. The monoisotopic (exact) mass is 363 g/mol. The van der Waals surface area contributed by atoms with Gasteiger partial charge in [-0.2, -0.15) is 0 Å². The SMILES string of the molecule is O=C([O-])C[C@H](SCC(=O)N1CCC(Cc2ccccc2)CC1)C(=O)[O-]. The van der Waals surface area contributed by atoms with Crippen LogP contribution < -0.4 is 10.2 Å². The zero-order valence-corrected chi connectivity index (χ0v) is 14.7. The van der Waals surface area contributed by atoms with E-state index in [9.17, 15) is 24.6 Å². The van der Waals surface area contributed by atoms with E-state index < -0.39 is 23.6 Å². The molecular weight excluding hydrogens is 342 g/mol. The van der Waals surface area contributed by atoms with Crippen LogP contribution in [0.3, 0.4) is 0 Å². The highest BCUT2D eigenvalue weighted by atomic mass is 32.2. The first kappa shape index (κ1) is 19.3. The number of likely N-dealkylation sites (tertiary alicyclic amines) is 1. The average Bonchev–Trinajstić information content (AvgIpc) is 2.59. The second kappa shape index (κ2) is 9.46. The van der Waals surface area contributed by atoms with Crippen molar-refractivity contribution in [2.75, 3.05) is 18.8 Å². The van der Waals surface area contributed by atoms with Crippen molar-refractivity contribution in [1.29, 1.82) is 0 Å². The van der Waals surface area contributed by atoms with E-state index in [1.54, 1.807) is 4.90 Å². The second-order valence-corrected chi connectivity index (χ2v) is 7.40. The Morgan fingerprint density at radius 1 is 1.12 bits per heavy atom. The summed E-state index contributed by atoms with van der Waals surface area (Å²) in [4.78, 5) is 35.4. The number of carboxylic acids is 2. The normalized spacial score (nSPS) is 16.4. The van der Waals surface area contributed by atoms with Gasteiger partial charge >= 0.3 is 0 Å². The van der Waals surface area contributed by atoms with Gasteiger partial charge in [0.05, 0.1) is 17.0 Å². The topological polar surface area (TPSA) is 101 Å². The number of thioether (sulfide) groups is 1. The molecule has 1 aliphatic heterocycles. The second-order valence-electron chi connectivity index (χ2n) is 6.21. The van der Waals surface area contributed by atoms with E-state index in [-0.39, 0.29) is 11.7 Å². The van der Waals surface area contributed by atoms with Crippen molar-refractivity contribution in [2.24, 2.45) is 5.92 Å². The Hall–Kier alpha value is -2.02. The third kappa shape index (κ3) is 6.42. The number of rotatable bonds is 8. The molecule has 2 rings (SSSR count). The van der Waals surface area contributed by atoms with Crippen LogP contribution in [0.15, 0.2) is 30.3 Å². The third-order valence-corrected chi connectivity index (χ3v) is 5.53. The molecule has 1 aromatic rings. The number of carboxylic acid groups (broad SMARTS) is 2. The van der Waals surface area contributed by atoms with E-state index in [1.807, 2.05) is 18.2 Å². The van der Waals surface area contributed by atoms with Crippen LogP contribution >= 0.6 is 11.8 Å². The Morgan fingerprint density at radius 3 is 2.32 bits per heavy atom. The van der Waals surface area contributed by atoms with Crippen molar-refractivity contribution < 1.29 is 24.6 Å². The van der Waals surface area contributed by atoms with E-state index in [1.165, 1.54) is 5.56 Å². The molecule has 0 aliphatic carbocycles. The molecule has 0 aromatic heterocycles. The van der Waals surface area contributed by atoms with Gasteiger partial charge in [0, 0.05) is 25.5 Å². The summed E-state index contributed by atoms with van der Waals surface area (Å²) in [5.41, 5.74) is 1.29. The van der Waals surface area contributed by atoms with E-state index in [0.29, 0.717) is 19.0 Å². The average molecular weight is 363 g/mol. The van der Waals surface area contributed by atoms with Crippen molar-refractivity contribution in [3.05, 3.63) is 35.9 Å². The van der Waals surface area contributed by atoms with Crippen molar-refractivity contribution in [3.8, 4) is 0 Å². The molecule has 1 atom stereocenters. The molecule has 7 heteroatoms. The number of benzene rings is 1. The van der Waals surface area contributed by atoms with Crippen LogP contribution in [0.2, 0.25) is 0 Å². The summed E-state index contributed by atoms with van der Waals surface area (Å²) in [5.74, 6) is -2.63. The predicted octanol–water partition coefficient (Wildman–Crippen LogP) is -0.541. The molecule has 136 valence electrons. The van der Waals surface area contributed by atoms with E-state index in [4.69, 9.17) is 0 Å². The lowest BCUT2D eigenvalue weighted by Gasteiger charge is -2.32. The first-order chi connectivity index (χ1) is 12.0. The van der Waals surface area contributed by atoms with Crippen LogP contribution in [0, 0.1) is 5.92 Å². The quantitative estimate of drug-likeness (QED) is 0.615. The number of carbonyl (C=O) groups is 3. The van der Waals surface area contributed by atoms with Gasteiger partial charge in [0.25, 0.3) is 0 Å². The van der Waals surface area contributed by atoms with Crippen molar-refractivity contribution in [2.45, 2.75) is 30.9 Å². The molecule has 1 heterocycles. The Kier molecular flexibility index (Phi) is 7.31. The van der Waals surface area contributed by atoms with Crippen LogP contribution in [0.5, 0.6) is 0 Å². The summed E-state index contributed by atoms with van der Waals surface area (Å²) >= 11 is 0.789. The standard InChI is InChI=1S/C18H23NO5S/c20-16(12-25-15(18(23)24)11-17(21)22)19-8-6-14(7-9-19)10-13-4-2-1-3-5-13/h1-5,14-15H,6-12H2,(H,21,22)(H,23,24)/p-2/t15-/m0/s1. The van der Waals surface area contributed by atoms with Gasteiger partial charge in [-0.1, -0.05) is 30.3 Å². The fourth-order valence-electron chi connectivity index (χ4n) is 2.96.